The first kappa shape index (κ1) is 15.7. The van der Waals surface area contributed by atoms with E-state index in [9.17, 15) is 4.39 Å². The highest BCUT2D eigenvalue weighted by Crippen LogP contribution is 2.24. The van der Waals surface area contributed by atoms with E-state index in [0.29, 0.717) is 21.2 Å². The Bertz CT molecular complexity index is 705. The van der Waals surface area contributed by atoms with Gasteiger partial charge in [-0.15, -0.1) is 0 Å². The van der Waals surface area contributed by atoms with Gasteiger partial charge in [-0.3, -0.25) is 0 Å². The normalized spacial score (nSPS) is 9.90. The number of hydrogen-bond acceptors (Lipinski definition) is 2. The van der Waals surface area contributed by atoms with Crippen LogP contribution in [0, 0.1) is 17.7 Å². The van der Waals surface area contributed by atoms with Crippen molar-refractivity contribution in [3.8, 4) is 17.6 Å². The number of halogens is 3. The van der Waals surface area contributed by atoms with Crippen molar-refractivity contribution >= 4 is 23.2 Å². The topological polar surface area (TPSA) is 29.5 Å². The van der Waals surface area contributed by atoms with Crippen LogP contribution in [0.2, 0.25) is 10.0 Å². The molecule has 0 fully saturated rings. The fourth-order valence-corrected chi connectivity index (χ4v) is 2.03. The van der Waals surface area contributed by atoms with Gasteiger partial charge in [0.05, 0.1) is 5.56 Å². The van der Waals surface area contributed by atoms with Crippen LogP contribution in [0.25, 0.3) is 0 Å². The van der Waals surface area contributed by atoms with Crippen LogP contribution in [0.5, 0.6) is 5.75 Å². The van der Waals surface area contributed by atoms with Crippen molar-refractivity contribution in [2.24, 2.45) is 0 Å². The van der Waals surface area contributed by atoms with Crippen LogP contribution in [-0.4, -0.2) is 11.7 Å². The van der Waals surface area contributed by atoms with Gasteiger partial charge in [-0.25, -0.2) is 4.39 Å². The third-order valence-corrected chi connectivity index (χ3v) is 3.24. The van der Waals surface area contributed by atoms with Crippen molar-refractivity contribution in [3.05, 3.63) is 63.4 Å². The lowest BCUT2D eigenvalue weighted by Gasteiger charge is -2.10. The molecule has 0 heterocycles. The quantitative estimate of drug-likeness (QED) is 0.863. The molecule has 2 aromatic rings. The van der Waals surface area contributed by atoms with E-state index < -0.39 is 5.82 Å². The van der Waals surface area contributed by atoms with E-state index in [1.165, 1.54) is 18.2 Å². The Morgan fingerprint density at radius 2 is 1.95 bits per heavy atom. The van der Waals surface area contributed by atoms with Crippen LogP contribution in [0.1, 0.15) is 11.1 Å². The van der Waals surface area contributed by atoms with Crippen molar-refractivity contribution in [2.75, 3.05) is 6.61 Å². The predicted molar refractivity (Wildman–Crippen MR) is 81.2 cm³/mol. The minimum atomic E-state index is -0.434. The Labute approximate surface area is 132 Å². The third kappa shape index (κ3) is 4.37. The van der Waals surface area contributed by atoms with Gasteiger partial charge in [0.15, 0.2) is 0 Å². The fourth-order valence-electron chi connectivity index (χ4n) is 1.66. The van der Waals surface area contributed by atoms with Crippen molar-refractivity contribution in [1.82, 2.24) is 0 Å². The van der Waals surface area contributed by atoms with Crippen molar-refractivity contribution < 1.29 is 14.2 Å². The summed E-state index contributed by atoms with van der Waals surface area (Å²) in [7, 11) is 0. The lowest BCUT2D eigenvalue weighted by molar-refractivity contribution is 0.304. The molecule has 0 radical (unpaired) electrons. The summed E-state index contributed by atoms with van der Waals surface area (Å²) >= 11 is 11.9. The zero-order valence-electron chi connectivity index (χ0n) is 10.9. The Morgan fingerprint density at radius 3 is 2.71 bits per heavy atom. The molecule has 5 heteroatoms. The van der Waals surface area contributed by atoms with Crippen LogP contribution < -0.4 is 4.74 Å². The van der Waals surface area contributed by atoms with Gasteiger partial charge < -0.3 is 9.84 Å². The first-order valence-electron chi connectivity index (χ1n) is 6.06. The summed E-state index contributed by atoms with van der Waals surface area (Å²) in [5, 5.41) is 9.78. The second-order valence-electron chi connectivity index (χ2n) is 4.12. The molecule has 108 valence electrons. The van der Waals surface area contributed by atoms with Crippen molar-refractivity contribution in [1.29, 1.82) is 0 Å². The van der Waals surface area contributed by atoms with Crippen molar-refractivity contribution in [3.63, 3.8) is 0 Å². The molecular formula is C16H11Cl2FO2. The molecule has 0 aliphatic heterocycles. The van der Waals surface area contributed by atoms with Gasteiger partial charge >= 0.3 is 0 Å². The van der Waals surface area contributed by atoms with Crippen LogP contribution in [-0.2, 0) is 6.61 Å². The summed E-state index contributed by atoms with van der Waals surface area (Å²) in [4.78, 5) is 0. The van der Waals surface area contributed by atoms with E-state index in [-0.39, 0.29) is 19.0 Å². The number of benzene rings is 2. The van der Waals surface area contributed by atoms with Gasteiger partial charge in [-0.1, -0.05) is 35.0 Å². The van der Waals surface area contributed by atoms with Crippen LogP contribution in [0.4, 0.5) is 4.39 Å². The van der Waals surface area contributed by atoms with E-state index in [1.807, 2.05) is 0 Å². The Balaban J connectivity index is 2.23. The SMILES string of the molecule is OCC#Cc1ccc(F)cc1OCc1cc(Cl)ccc1Cl. The molecule has 0 spiro atoms. The minimum absolute atomic E-state index is 0.136. The highest BCUT2D eigenvalue weighted by molar-refractivity contribution is 6.33. The number of hydrogen-bond donors (Lipinski definition) is 1. The summed E-state index contributed by atoms with van der Waals surface area (Å²) < 4.78 is 18.9. The van der Waals surface area contributed by atoms with Gasteiger partial charge in [-0.05, 0) is 30.3 Å². The Kier molecular flexibility index (Phi) is 5.46. The lowest BCUT2D eigenvalue weighted by Crippen LogP contribution is -1.99. The first-order valence-corrected chi connectivity index (χ1v) is 6.82. The van der Waals surface area contributed by atoms with E-state index in [4.69, 9.17) is 33.0 Å². The highest BCUT2D eigenvalue weighted by atomic mass is 35.5. The number of aliphatic hydroxyl groups excluding tert-OH is 1. The van der Waals surface area contributed by atoms with Gasteiger partial charge in [0.2, 0.25) is 0 Å². The predicted octanol–water partition coefficient (Wildman–Crippen LogP) is 4.06. The monoisotopic (exact) mass is 324 g/mol. The molecule has 0 bridgehead atoms. The maximum Gasteiger partial charge on any atom is 0.138 e. The molecule has 0 saturated heterocycles. The van der Waals surface area contributed by atoms with Crippen LogP contribution in [0.15, 0.2) is 36.4 Å². The van der Waals surface area contributed by atoms with Gasteiger partial charge in [0.25, 0.3) is 0 Å². The number of aliphatic hydroxyl groups is 1. The molecule has 0 aliphatic rings. The zero-order chi connectivity index (χ0) is 15.2. The highest BCUT2D eigenvalue weighted by Gasteiger charge is 2.07. The molecule has 0 amide bonds. The van der Waals surface area contributed by atoms with E-state index >= 15 is 0 Å². The molecule has 2 nitrogen and oxygen atoms in total. The third-order valence-electron chi connectivity index (χ3n) is 2.64. The van der Waals surface area contributed by atoms with E-state index in [2.05, 4.69) is 11.8 Å². The molecular weight excluding hydrogens is 314 g/mol. The maximum absolute atomic E-state index is 13.3. The molecule has 0 atom stereocenters. The Hall–Kier alpha value is -1.73. The van der Waals surface area contributed by atoms with E-state index in [1.54, 1.807) is 18.2 Å². The average molecular weight is 325 g/mol. The summed E-state index contributed by atoms with van der Waals surface area (Å²) in [6.07, 6.45) is 0. The molecule has 2 rings (SSSR count). The molecule has 0 saturated carbocycles. The minimum Gasteiger partial charge on any atom is -0.487 e. The molecule has 2 aromatic carbocycles. The standard InChI is InChI=1S/C16H11Cl2FO2/c17-13-4-6-15(18)12(8-13)10-21-16-9-14(19)5-3-11(16)2-1-7-20/h3-6,8-9,20H,7,10H2. The summed E-state index contributed by atoms with van der Waals surface area (Å²) in [5.41, 5.74) is 1.18. The molecule has 21 heavy (non-hydrogen) atoms. The van der Waals surface area contributed by atoms with Gasteiger partial charge in [0, 0.05) is 21.7 Å². The summed E-state index contributed by atoms with van der Waals surface area (Å²) in [6.45, 7) is -0.145. The van der Waals surface area contributed by atoms with E-state index in [0.717, 1.165) is 0 Å². The second kappa shape index (κ2) is 7.33. The molecule has 1 N–H and O–H groups in total. The molecule has 0 aliphatic carbocycles. The number of ether oxygens (including phenoxy) is 1. The average Bonchev–Trinajstić information content (AvgIpc) is 2.47. The summed E-state index contributed by atoms with van der Waals surface area (Å²) in [6, 6.07) is 9.03. The molecule has 0 unspecified atom stereocenters. The first-order chi connectivity index (χ1) is 10.1. The number of rotatable bonds is 3. The fraction of sp³-hybridized carbons (Fsp3) is 0.125. The van der Waals surface area contributed by atoms with Gasteiger partial charge in [0.1, 0.15) is 24.8 Å². The summed E-state index contributed by atoms with van der Waals surface area (Å²) in [5.74, 6) is 5.05. The second-order valence-corrected chi connectivity index (χ2v) is 4.97. The molecule has 0 aromatic heterocycles. The maximum atomic E-state index is 13.3. The Morgan fingerprint density at radius 1 is 1.14 bits per heavy atom. The van der Waals surface area contributed by atoms with Crippen LogP contribution >= 0.6 is 23.2 Å². The lowest BCUT2D eigenvalue weighted by atomic mass is 10.2. The van der Waals surface area contributed by atoms with Gasteiger partial charge in [-0.2, -0.15) is 0 Å². The van der Waals surface area contributed by atoms with Crippen molar-refractivity contribution in [2.45, 2.75) is 6.61 Å². The van der Waals surface area contributed by atoms with Crippen LogP contribution in [0.3, 0.4) is 0 Å². The zero-order valence-corrected chi connectivity index (χ0v) is 12.4. The largest absolute Gasteiger partial charge is 0.487 e. The smallest absolute Gasteiger partial charge is 0.138 e.